The van der Waals surface area contributed by atoms with Crippen molar-refractivity contribution >= 4 is 33.9 Å². The smallest absolute Gasteiger partial charge is 0.458 e. The summed E-state index contributed by atoms with van der Waals surface area (Å²) in [7, 11) is 4.63. The Bertz CT molecular complexity index is 764. The lowest BCUT2D eigenvalue weighted by molar-refractivity contribution is -0.104. The first-order chi connectivity index (χ1) is 15.3. The highest BCUT2D eigenvalue weighted by Crippen LogP contribution is 2.37. The topological polar surface area (TPSA) is 89.9 Å². The zero-order valence-electron chi connectivity index (χ0n) is 20.5. The highest BCUT2D eigenvalue weighted by Gasteiger charge is 2.27. The molecule has 0 atom stereocenters. The lowest BCUT2D eigenvalue weighted by Gasteiger charge is -2.19. The van der Waals surface area contributed by atoms with Crippen LogP contribution in [0.1, 0.15) is 42.9 Å². The van der Waals surface area contributed by atoms with Gasteiger partial charge in [0.2, 0.25) is 0 Å². The fraction of sp³-hybridized carbons (Fsp3) is 0.545. The summed E-state index contributed by atoms with van der Waals surface area (Å²) in [6.07, 6.45) is 5.38. The predicted molar refractivity (Wildman–Crippen MR) is 132 cm³/mol. The first kappa shape index (κ1) is 28.2. The molecule has 1 aliphatic heterocycles. The molecule has 1 aromatic rings. The molecule has 32 heavy (non-hydrogen) atoms. The first-order valence-electron chi connectivity index (χ1n) is 11.1. The molecule has 0 amide bonds. The predicted octanol–water partition coefficient (Wildman–Crippen LogP) is 3.80. The first-order valence-corrected chi connectivity index (χ1v) is 11.1. The van der Waals surface area contributed by atoms with Crippen molar-refractivity contribution in [3.8, 4) is 5.75 Å². The molecule has 0 spiro atoms. The van der Waals surface area contributed by atoms with Crippen LogP contribution in [-0.4, -0.2) is 48.1 Å². The Labute approximate surface area is 194 Å². The molecule has 0 unspecified atom stereocenters. The molecule has 2 aliphatic rings. The maximum absolute atomic E-state index is 10.2. The summed E-state index contributed by atoms with van der Waals surface area (Å²) in [6.45, 7) is 10.7. The number of nitrogens with one attached hydrogen (secondary N) is 2. The Morgan fingerprint density at radius 2 is 1.91 bits per heavy atom. The normalized spacial score (nSPS) is 15.5. The third kappa shape index (κ3) is 9.73. The number of ether oxygens (including phenoxy) is 1. The Hall–Kier alpha value is -1.87. The Kier molecular flexibility index (Phi) is 13.3. The van der Waals surface area contributed by atoms with E-state index in [1.807, 2.05) is 33.7 Å². The monoisotopic (exact) mass is 441 g/mol. The fourth-order valence-electron chi connectivity index (χ4n) is 3.22. The number of aryl methyl sites for hydroxylation is 1. The maximum atomic E-state index is 10.2. The van der Waals surface area contributed by atoms with Crippen LogP contribution in [0.25, 0.3) is 0 Å². The average Bonchev–Trinajstić information content (AvgIpc) is 3.60. The molecule has 2 N–H and O–H groups in total. The van der Waals surface area contributed by atoms with Crippen LogP contribution in [0.2, 0.25) is 13.6 Å². The van der Waals surface area contributed by atoms with Crippen LogP contribution in [-0.2, 0) is 25.1 Å². The van der Waals surface area contributed by atoms with E-state index in [9.17, 15) is 4.79 Å². The van der Waals surface area contributed by atoms with Crippen molar-refractivity contribution in [3.63, 3.8) is 0 Å². The molecule has 1 radical (unpaired) electrons. The number of carbonyl (C=O) groups is 1. The molecule has 0 bridgehead atoms. The second-order valence-electron chi connectivity index (χ2n) is 7.72. The van der Waals surface area contributed by atoms with Crippen LogP contribution in [0.5, 0.6) is 5.75 Å². The van der Waals surface area contributed by atoms with E-state index in [0.717, 1.165) is 43.4 Å². The molecule has 10 heteroatoms. The molecule has 3 rings (SSSR count). The SMILES string of the molecule is CB1O[B]OB(C)O1.CCC(=N)/C(=C\C=O)C1CC1.CNCc1c(C)ccc(OC)c1C. The highest BCUT2D eigenvalue weighted by atomic mass is 16.7. The van der Waals surface area contributed by atoms with E-state index in [1.165, 1.54) is 24.4 Å². The van der Waals surface area contributed by atoms with Gasteiger partial charge in [-0.2, -0.15) is 0 Å². The number of hydrogen-bond acceptors (Lipinski definition) is 7. The van der Waals surface area contributed by atoms with Gasteiger partial charge in [0.15, 0.2) is 0 Å². The van der Waals surface area contributed by atoms with Crippen molar-refractivity contribution in [1.82, 2.24) is 5.32 Å². The minimum absolute atomic E-state index is 0.168. The lowest BCUT2D eigenvalue weighted by Crippen LogP contribution is -2.38. The van der Waals surface area contributed by atoms with Gasteiger partial charge in [-0.25, -0.2) is 0 Å². The van der Waals surface area contributed by atoms with E-state index in [4.69, 9.17) is 23.9 Å². The van der Waals surface area contributed by atoms with Crippen LogP contribution in [0.15, 0.2) is 23.8 Å². The molecule has 1 saturated carbocycles. The fourth-order valence-corrected chi connectivity index (χ4v) is 3.22. The number of benzene rings is 1. The standard InChI is InChI=1S/C11H17NO.C9H13NO.C2H6B3O3/c1-8-5-6-11(13-4)9(2)10(8)7-12-3;1-2-9(10)8(5-6-11)7-3-4-7;1-4-6-3-7-5(2)8-4/h5-6,12H,7H2,1-4H3;5-7,10H,2-4H2,1H3;1-2H3/b;8-5-,10-9?;. The van der Waals surface area contributed by atoms with Crippen LogP contribution in [0.3, 0.4) is 0 Å². The number of allylic oxidation sites excluding steroid dienone is 2. The number of aldehydes is 1. The molecule has 1 aromatic carbocycles. The van der Waals surface area contributed by atoms with Crippen LogP contribution in [0, 0.1) is 25.2 Å². The Morgan fingerprint density at radius 3 is 2.31 bits per heavy atom. The quantitative estimate of drug-likeness (QED) is 0.290. The molecule has 173 valence electrons. The van der Waals surface area contributed by atoms with Gasteiger partial charge in [-0.05, 0) is 94.1 Å². The summed E-state index contributed by atoms with van der Waals surface area (Å²) in [4.78, 5) is 10.2. The largest absolute Gasteiger partial charge is 0.496 e. The van der Waals surface area contributed by atoms with Gasteiger partial charge in [-0.15, -0.1) is 0 Å². The molecule has 1 aliphatic carbocycles. The summed E-state index contributed by atoms with van der Waals surface area (Å²) >= 11 is 0. The number of methoxy groups -OCH3 is 1. The Balaban J connectivity index is 0.000000247. The van der Waals surface area contributed by atoms with Gasteiger partial charge in [-0.3, -0.25) is 4.79 Å². The molecule has 0 aromatic heterocycles. The van der Waals surface area contributed by atoms with Crippen molar-refractivity contribution in [2.75, 3.05) is 14.2 Å². The van der Waals surface area contributed by atoms with Crippen molar-refractivity contribution in [3.05, 3.63) is 40.5 Å². The molecular weight excluding hydrogens is 405 g/mol. The zero-order valence-corrected chi connectivity index (χ0v) is 20.5. The molecule has 1 saturated heterocycles. The third-order valence-electron chi connectivity index (χ3n) is 5.20. The van der Waals surface area contributed by atoms with E-state index >= 15 is 0 Å². The van der Waals surface area contributed by atoms with Gasteiger partial charge in [-0.1, -0.05) is 13.0 Å². The van der Waals surface area contributed by atoms with Crippen LogP contribution >= 0.6 is 0 Å². The molecule has 2 fully saturated rings. The molecular formula is C22H36B3N2O5. The van der Waals surface area contributed by atoms with E-state index < -0.39 is 0 Å². The second-order valence-corrected chi connectivity index (χ2v) is 7.72. The van der Waals surface area contributed by atoms with E-state index in [2.05, 4.69) is 25.2 Å². The van der Waals surface area contributed by atoms with Gasteiger partial charge in [0.05, 0.1) is 7.11 Å². The van der Waals surface area contributed by atoms with Gasteiger partial charge in [0, 0.05) is 12.3 Å². The minimum atomic E-state index is -0.168. The van der Waals surface area contributed by atoms with Gasteiger partial charge < -0.3 is 29.2 Å². The summed E-state index contributed by atoms with van der Waals surface area (Å²) < 4.78 is 19.8. The molecule has 7 nitrogen and oxygen atoms in total. The number of rotatable bonds is 7. The lowest BCUT2D eigenvalue weighted by atomic mass is 9.80. The average molecular weight is 441 g/mol. The summed E-state index contributed by atoms with van der Waals surface area (Å²) in [5.41, 5.74) is 5.47. The zero-order chi connectivity index (χ0) is 24.1. The van der Waals surface area contributed by atoms with E-state index in [0.29, 0.717) is 11.6 Å². The Morgan fingerprint density at radius 1 is 1.28 bits per heavy atom. The molecule has 1 heterocycles. The van der Waals surface area contributed by atoms with Gasteiger partial charge >= 0.3 is 21.9 Å². The number of hydrogen-bond donors (Lipinski definition) is 2. The van der Waals surface area contributed by atoms with E-state index in [1.54, 1.807) is 13.2 Å². The summed E-state index contributed by atoms with van der Waals surface area (Å²) in [5.74, 6) is 1.49. The van der Waals surface area contributed by atoms with Gasteiger partial charge in [0.1, 0.15) is 12.0 Å². The number of carbonyl (C=O) groups excluding carboxylic acids is 1. The van der Waals surface area contributed by atoms with Crippen molar-refractivity contribution in [2.24, 2.45) is 5.92 Å². The van der Waals surface area contributed by atoms with Crippen molar-refractivity contribution < 1.29 is 23.2 Å². The highest BCUT2D eigenvalue weighted by molar-refractivity contribution is 6.66. The van der Waals surface area contributed by atoms with Crippen molar-refractivity contribution in [1.29, 1.82) is 5.41 Å². The van der Waals surface area contributed by atoms with Crippen LogP contribution < -0.4 is 10.1 Å². The van der Waals surface area contributed by atoms with E-state index in [-0.39, 0.29) is 14.2 Å². The third-order valence-corrected chi connectivity index (χ3v) is 5.20. The van der Waals surface area contributed by atoms with Crippen LogP contribution in [0.4, 0.5) is 0 Å². The maximum Gasteiger partial charge on any atom is 0.458 e. The van der Waals surface area contributed by atoms with Gasteiger partial charge in [0.25, 0.3) is 0 Å². The minimum Gasteiger partial charge on any atom is -0.496 e. The second kappa shape index (κ2) is 15.1. The summed E-state index contributed by atoms with van der Waals surface area (Å²) in [6, 6.07) is 4.11. The van der Waals surface area contributed by atoms with Crippen molar-refractivity contribution in [2.45, 2.75) is 60.2 Å². The summed E-state index contributed by atoms with van der Waals surface area (Å²) in [5, 5.41) is 10.7.